The van der Waals surface area contributed by atoms with Crippen LogP contribution >= 0.6 is 0 Å². The van der Waals surface area contributed by atoms with Crippen LogP contribution in [0.1, 0.15) is 58.1 Å². The zero-order valence-corrected chi connectivity index (χ0v) is 12.1. The van der Waals surface area contributed by atoms with E-state index in [0.717, 1.165) is 25.7 Å². The zero-order valence-electron chi connectivity index (χ0n) is 12.1. The normalized spacial score (nSPS) is 21.1. The molecule has 1 aliphatic rings. The molecular formula is C16H24FNO. The van der Waals surface area contributed by atoms with Crippen molar-refractivity contribution in [2.24, 2.45) is 11.1 Å². The average Bonchev–Trinajstić information content (AvgIpc) is 2.31. The third-order valence-corrected chi connectivity index (χ3v) is 4.05. The molecule has 2 rings (SSSR count). The second kappa shape index (κ2) is 5.49. The Kier molecular flexibility index (Phi) is 4.14. The highest BCUT2D eigenvalue weighted by atomic mass is 19.1. The lowest BCUT2D eigenvalue weighted by molar-refractivity contribution is 0.0973. The minimum Gasteiger partial charge on any atom is -0.490 e. The maximum absolute atomic E-state index is 13.8. The number of benzene rings is 1. The van der Waals surface area contributed by atoms with E-state index in [-0.39, 0.29) is 18.0 Å². The molecule has 3 heteroatoms. The molecule has 2 N–H and O–H groups in total. The van der Waals surface area contributed by atoms with Crippen LogP contribution in [-0.4, -0.2) is 6.10 Å². The quantitative estimate of drug-likeness (QED) is 0.889. The van der Waals surface area contributed by atoms with Gasteiger partial charge in [0.1, 0.15) is 11.6 Å². The highest BCUT2D eigenvalue weighted by molar-refractivity contribution is 5.37. The van der Waals surface area contributed by atoms with Crippen LogP contribution in [0, 0.1) is 11.2 Å². The van der Waals surface area contributed by atoms with E-state index >= 15 is 0 Å². The smallest absolute Gasteiger partial charge is 0.131 e. The monoisotopic (exact) mass is 265 g/mol. The van der Waals surface area contributed by atoms with Crippen LogP contribution < -0.4 is 10.5 Å². The third kappa shape index (κ3) is 3.47. The summed E-state index contributed by atoms with van der Waals surface area (Å²) in [7, 11) is 0. The van der Waals surface area contributed by atoms with Crippen LogP contribution in [0.25, 0.3) is 0 Å². The lowest BCUT2D eigenvalue weighted by Gasteiger charge is -2.34. The lowest BCUT2D eigenvalue weighted by atomic mass is 9.76. The SMILES string of the molecule is CC(N)c1c(F)cccc1OC1CCC(C)(C)CC1. The van der Waals surface area contributed by atoms with E-state index in [0.29, 0.717) is 16.7 Å². The molecule has 1 unspecified atom stereocenters. The van der Waals surface area contributed by atoms with Gasteiger partial charge in [0.25, 0.3) is 0 Å². The predicted octanol–water partition coefficient (Wildman–Crippen LogP) is 4.19. The summed E-state index contributed by atoms with van der Waals surface area (Å²) in [6.07, 6.45) is 4.55. The van der Waals surface area contributed by atoms with Gasteiger partial charge in [-0.15, -0.1) is 0 Å². The molecule has 19 heavy (non-hydrogen) atoms. The minimum atomic E-state index is -0.351. The van der Waals surface area contributed by atoms with Gasteiger partial charge in [0.05, 0.1) is 6.10 Å². The van der Waals surface area contributed by atoms with Gasteiger partial charge in [-0.05, 0) is 50.2 Å². The molecular weight excluding hydrogens is 241 g/mol. The molecule has 0 heterocycles. The molecule has 1 aromatic rings. The van der Waals surface area contributed by atoms with Crippen LogP contribution in [-0.2, 0) is 0 Å². The van der Waals surface area contributed by atoms with Gasteiger partial charge in [-0.3, -0.25) is 0 Å². The first-order chi connectivity index (χ1) is 8.89. The number of halogens is 1. The van der Waals surface area contributed by atoms with Crippen molar-refractivity contribution in [1.82, 2.24) is 0 Å². The van der Waals surface area contributed by atoms with Gasteiger partial charge >= 0.3 is 0 Å². The summed E-state index contributed by atoms with van der Waals surface area (Å²) in [5.74, 6) is 0.336. The molecule has 0 bridgehead atoms. The summed E-state index contributed by atoms with van der Waals surface area (Å²) in [4.78, 5) is 0. The highest BCUT2D eigenvalue weighted by Gasteiger charge is 2.28. The van der Waals surface area contributed by atoms with E-state index in [1.165, 1.54) is 6.07 Å². The Labute approximate surface area is 115 Å². The van der Waals surface area contributed by atoms with E-state index in [9.17, 15) is 4.39 Å². The average molecular weight is 265 g/mol. The number of rotatable bonds is 3. The maximum Gasteiger partial charge on any atom is 0.131 e. The van der Waals surface area contributed by atoms with Crippen LogP contribution in [0.4, 0.5) is 4.39 Å². The van der Waals surface area contributed by atoms with E-state index in [2.05, 4.69) is 13.8 Å². The summed E-state index contributed by atoms with van der Waals surface area (Å²) in [5, 5.41) is 0. The second-order valence-corrected chi connectivity index (χ2v) is 6.42. The first-order valence-corrected chi connectivity index (χ1v) is 7.10. The van der Waals surface area contributed by atoms with E-state index < -0.39 is 0 Å². The fourth-order valence-electron chi connectivity index (χ4n) is 2.73. The van der Waals surface area contributed by atoms with Gasteiger partial charge in [-0.1, -0.05) is 19.9 Å². The Morgan fingerprint density at radius 3 is 2.53 bits per heavy atom. The molecule has 1 aromatic carbocycles. The first-order valence-electron chi connectivity index (χ1n) is 7.10. The highest BCUT2D eigenvalue weighted by Crippen LogP contribution is 2.37. The van der Waals surface area contributed by atoms with Gasteiger partial charge < -0.3 is 10.5 Å². The molecule has 0 spiro atoms. The Hall–Kier alpha value is -1.09. The molecule has 0 saturated heterocycles. The van der Waals surface area contributed by atoms with Crippen molar-refractivity contribution in [2.75, 3.05) is 0 Å². The van der Waals surface area contributed by atoms with Crippen molar-refractivity contribution >= 4 is 0 Å². The van der Waals surface area contributed by atoms with Crippen molar-refractivity contribution in [1.29, 1.82) is 0 Å². The fraction of sp³-hybridized carbons (Fsp3) is 0.625. The van der Waals surface area contributed by atoms with Crippen molar-refractivity contribution in [2.45, 2.75) is 58.6 Å². The summed E-state index contributed by atoms with van der Waals surface area (Å²) in [6, 6.07) is 4.59. The van der Waals surface area contributed by atoms with Crippen molar-refractivity contribution in [3.05, 3.63) is 29.6 Å². The van der Waals surface area contributed by atoms with Gasteiger partial charge in [0.2, 0.25) is 0 Å². The van der Waals surface area contributed by atoms with E-state index in [1.807, 2.05) is 6.07 Å². The molecule has 2 nitrogen and oxygen atoms in total. The van der Waals surface area contributed by atoms with Gasteiger partial charge in [-0.25, -0.2) is 4.39 Å². The molecule has 1 aliphatic carbocycles. The van der Waals surface area contributed by atoms with Gasteiger partial charge in [0, 0.05) is 11.6 Å². The largest absolute Gasteiger partial charge is 0.490 e. The molecule has 106 valence electrons. The third-order valence-electron chi connectivity index (χ3n) is 4.05. The number of ether oxygens (including phenoxy) is 1. The summed E-state index contributed by atoms with van der Waals surface area (Å²) in [5.41, 5.74) is 6.74. The van der Waals surface area contributed by atoms with E-state index in [4.69, 9.17) is 10.5 Å². The summed E-state index contributed by atoms with van der Waals surface area (Å²) < 4.78 is 19.8. The van der Waals surface area contributed by atoms with Crippen LogP contribution in [0.15, 0.2) is 18.2 Å². The maximum atomic E-state index is 13.8. The second-order valence-electron chi connectivity index (χ2n) is 6.42. The van der Waals surface area contributed by atoms with Crippen LogP contribution in [0.2, 0.25) is 0 Å². The molecule has 0 aromatic heterocycles. The van der Waals surface area contributed by atoms with Crippen molar-refractivity contribution < 1.29 is 9.13 Å². The van der Waals surface area contributed by atoms with E-state index in [1.54, 1.807) is 13.0 Å². The molecule has 0 aliphatic heterocycles. The number of hydrogen-bond donors (Lipinski definition) is 1. The zero-order chi connectivity index (χ0) is 14.0. The predicted molar refractivity (Wildman–Crippen MR) is 75.7 cm³/mol. The van der Waals surface area contributed by atoms with Gasteiger partial charge in [0.15, 0.2) is 0 Å². The Bertz CT molecular complexity index is 432. The van der Waals surface area contributed by atoms with Gasteiger partial charge in [-0.2, -0.15) is 0 Å². The number of hydrogen-bond acceptors (Lipinski definition) is 2. The Morgan fingerprint density at radius 1 is 1.32 bits per heavy atom. The molecule has 1 atom stereocenters. The van der Waals surface area contributed by atoms with Crippen LogP contribution in [0.5, 0.6) is 5.75 Å². The molecule has 0 radical (unpaired) electrons. The van der Waals surface area contributed by atoms with Crippen molar-refractivity contribution in [3.63, 3.8) is 0 Å². The summed E-state index contributed by atoms with van der Waals surface area (Å²) in [6.45, 7) is 6.37. The molecule has 1 saturated carbocycles. The topological polar surface area (TPSA) is 35.2 Å². The Balaban J connectivity index is 2.10. The minimum absolute atomic E-state index is 0.187. The summed E-state index contributed by atoms with van der Waals surface area (Å²) >= 11 is 0. The fourth-order valence-corrected chi connectivity index (χ4v) is 2.73. The molecule has 1 fully saturated rings. The lowest BCUT2D eigenvalue weighted by Crippen LogP contribution is -2.29. The number of nitrogens with two attached hydrogens (primary N) is 1. The standard InChI is InChI=1S/C16H24FNO/c1-11(18)15-13(17)5-4-6-14(15)19-12-7-9-16(2,3)10-8-12/h4-6,11-12H,7-10,18H2,1-3H3. The molecule has 0 amide bonds. The van der Waals surface area contributed by atoms with Crippen LogP contribution in [0.3, 0.4) is 0 Å². The first kappa shape index (κ1) is 14.3. The Morgan fingerprint density at radius 2 is 1.95 bits per heavy atom. The van der Waals surface area contributed by atoms with Crippen molar-refractivity contribution in [3.8, 4) is 5.75 Å².